The van der Waals surface area contributed by atoms with Crippen molar-refractivity contribution >= 4 is 16.7 Å². The van der Waals surface area contributed by atoms with Crippen molar-refractivity contribution in [1.82, 2.24) is 19.7 Å². The monoisotopic (exact) mass is 320 g/mol. The van der Waals surface area contributed by atoms with Gasteiger partial charge < -0.3 is 4.90 Å². The predicted octanol–water partition coefficient (Wildman–Crippen LogP) is 2.67. The van der Waals surface area contributed by atoms with Crippen LogP contribution in [0.5, 0.6) is 0 Å². The van der Waals surface area contributed by atoms with E-state index in [-0.39, 0.29) is 5.91 Å². The molecule has 0 radical (unpaired) electrons. The lowest BCUT2D eigenvalue weighted by molar-refractivity contribution is 0.0787. The van der Waals surface area contributed by atoms with E-state index in [1.807, 2.05) is 30.4 Å². The smallest absolute Gasteiger partial charge is 0.257 e. The zero-order valence-electron chi connectivity index (χ0n) is 13.7. The molecule has 1 aliphatic heterocycles. The SMILES string of the molecule is Cn1cc(C(=O)N2CC[C@@H](Cc3cncc4ccccc34)C2)cn1. The maximum absolute atomic E-state index is 12.5. The highest BCUT2D eigenvalue weighted by molar-refractivity contribution is 5.94. The topological polar surface area (TPSA) is 51.0 Å². The largest absolute Gasteiger partial charge is 0.338 e. The van der Waals surface area contributed by atoms with Gasteiger partial charge in [0.2, 0.25) is 0 Å². The molecule has 5 nitrogen and oxygen atoms in total. The molecule has 3 heterocycles. The number of hydrogen-bond acceptors (Lipinski definition) is 3. The summed E-state index contributed by atoms with van der Waals surface area (Å²) in [6.45, 7) is 1.62. The summed E-state index contributed by atoms with van der Waals surface area (Å²) in [7, 11) is 1.83. The van der Waals surface area contributed by atoms with Crippen LogP contribution in [0.15, 0.2) is 49.1 Å². The first kappa shape index (κ1) is 14.9. The molecule has 1 amide bonds. The van der Waals surface area contributed by atoms with E-state index in [1.54, 1.807) is 17.1 Å². The number of carbonyl (C=O) groups excluding carboxylic acids is 1. The molecule has 122 valence electrons. The van der Waals surface area contributed by atoms with Crippen molar-refractivity contribution in [2.45, 2.75) is 12.8 Å². The molecule has 0 bridgehead atoms. The molecule has 3 aromatic rings. The fourth-order valence-electron chi connectivity index (χ4n) is 3.55. The van der Waals surface area contributed by atoms with Crippen LogP contribution in [0.1, 0.15) is 22.3 Å². The van der Waals surface area contributed by atoms with E-state index >= 15 is 0 Å². The zero-order valence-corrected chi connectivity index (χ0v) is 13.7. The number of aryl methyl sites for hydroxylation is 1. The Labute approximate surface area is 140 Å². The van der Waals surface area contributed by atoms with Crippen molar-refractivity contribution in [3.63, 3.8) is 0 Å². The molecule has 5 heteroatoms. The molecule has 4 rings (SSSR count). The number of benzene rings is 1. The summed E-state index contributed by atoms with van der Waals surface area (Å²) >= 11 is 0. The molecule has 1 atom stereocenters. The van der Waals surface area contributed by atoms with Gasteiger partial charge in [0.15, 0.2) is 0 Å². The summed E-state index contributed by atoms with van der Waals surface area (Å²) < 4.78 is 1.67. The van der Waals surface area contributed by atoms with E-state index in [2.05, 4.69) is 28.3 Å². The van der Waals surface area contributed by atoms with Crippen LogP contribution in [-0.2, 0) is 13.5 Å². The van der Waals surface area contributed by atoms with Crippen molar-refractivity contribution in [3.05, 3.63) is 60.2 Å². The second kappa shape index (κ2) is 6.07. The number of fused-ring (bicyclic) bond motifs is 1. The van der Waals surface area contributed by atoms with Gasteiger partial charge in [-0.15, -0.1) is 0 Å². The maximum atomic E-state index is 12.5. The molecule has 1 aromatic carbocycles. The van der Waals surface area contributed by atoms with E-state index in [0.717, 1.165) is 25.9 Å². The van der Waals surface area contributed by atoms with E-state index < -0.39 is 0 Å². The van der Waals surface area contributed by atoms with Crippen LogP contribution < -0.4 is 0 Å². The Kier molecular flexibility index (Phi) is 3.76. The van der Waals surface area contributed by atoms with Gasteiger partial charge in [-0.05, 0) is 29.7 Å². The van der Waals surface area contributed by atoms with Gasteiger partial charge in [-0.2, -0.15) is 5.10 Å². The van der Waals surface area contributed by atoms with Gasteiger partial charge in [0.25, 0.3) is 5.91 Å². The van der Waals surface area contributed by atoms with Crippen molar-refractivity contribution in [2.75, 3.05) is 13.1 Å². The minimum Gasteiger partial charge on any atom is -0.338 e. The highest BCUT2D eigenvalue weighted by Gasteiger charge is 2.28. The van der Waals surface area contributed by atoms with Crippen LogP contribution in [-0.4, -0.2) is 38.7 Å². The zero-order chi connectivity index (χ0) is 16.5. The quantitative estimate of drug-likeness (QED) is 0.745. The molecule has 0 saturated carbocycles. The second-order valence-electron chi connectivity index (χ2n) is 6.53. The van der Waals surface area contributed by atoms with Crippen LogP contribution >= 0.6 is 0 Å². The van der Waals surface area contributed by atoms with Gasteiger partial charge in [-0.25, -0.2) is 0 Å². The number of pyridine rings is 1. The Hall–Kier alpha value is -2.69. The third kappa shape index (κ3) is 2.77. The summed E-state index contributed by atoms with van der Waals surface area (Å²) in [4.78, 5) is 18.8. The summed E-state index contributed by atoms with van der Waals surface area (Å²) in [5, 5.41) is 6.54. The molecule has 0 N–H and O–H groups in total. The van der Waals surface area contributed by atoms with E-state index in [4.69, 9.17) is 0 Å². The van der Waals surface area contributed by atoms with Gasteiger partial charge in [0, 0.05) is 44.1 Å². The lowest BCUT2D eigenvalue weighted by Gasteiger charge is -2.16. The highest BCUT2D eigenvalue weighted by Crippen LogP contribution is 2.26. The number of rotatable bonds is 3. The Morgan fingerprint density at radius 2 is 2.12 bits per heavy atom. The summed E-state index contributed by atoms with van der Waals surface area (Å²) in [5.74, 6) is 0.569. The molecule has 0 spiro atoms. The maximum Gasteiger partial charge on any atom is 0.257 e. The number of nitrogens with zero attached hydrogens (tertiary/aromatic N) is 4. The summed E-state index contributed by atoms with van der Waals surface area (Å²) in [6.07, 6.45) is 9.30. The lowest BCUT2D eigenvalue weighted by Crippen LogP contribution is -2.28. The van der Waals surface area contributed by atoms with Crippen molar-refractivity contribution in [2.24, 2.45) is 13.0 Å². The minimum atomic E-state index is 0.0849. The molecule has 0 unspecified atom stereocenters. The Bertz CT molecular complexity index is 880. The summed E-state index contributed by atoms with van der Waals surface area (Å²) in [6, 6.07) is 8.36. The number of likely N-dealkylation sites (tertiary alicyclic amines) is 1. The Morgan fingerprint density at radius 3 is 2.96 bits per heavy atom. The van der Waals surface area contributed by atoms with Crippen molar-refractivity contribution in [1.29, 1.82) is 0 Å². The third-order valence-electron chi connectivity index (χ3n) is 4.78. The van der Waals surface area contributed by atoms with Gasteiger partial charge in [-0.3, -0.25) is 14.5 Å². The van der Waals surface area contributed by atoms with E-state index in [0.29, 0.717) is 11.5 Å². The first-order chi connectivity index (χ1) is 11.7. The molecule has 1 aliphatic rings. The molecular weight excluding hydrogens is 300 g/mol. The van der Waals surface area contributed by atoms with Gasteiger partial charge in [-0.1, -0.05) is 24.3 Å². The number of hydrogen-bond donors (Lipinski definition) is 0. The van der Waals surface area contributed by atoms with Gasteiger partial charge in [0.1, 0.15) is 0 Å². The third-order valence-corrected chi connectivity index (χ3v) is 4.78. The first-order valence-electron chi connectivity index (χ1n) is 8.30. The van der Waals surface area contributed by atoms with Crippen molar-refractivity contribution in [3.8, 4) is 0 Å². The average Bonchev–Trinajstić information content (AvgIpc) is 3.24. The number of amides is 1. The molecule has 0 aliphatic carbocycles. The van der Waals surface area contributed by atoms with Crippen molar-refractivity contribution < 1.29 is 4.79 Å². The van der Waals surface area contributed by atoms with Crippen LogP contribution in [0.25, 0.3) is 10.8 Å². The highest BCUT2D eigenvalue weighted by atomic mass is 16.2. The van der Waals surface area contributed by atoms with Gasteiger partial charge in [0.05, 0.1) is 11.8 Å². The van der Waals surface area contributed by atoms with E-state index in [9.17, 15) is 4.79 Å². The molecular formula is C19H20N4O. The average molecular weight is 320 g/mol. The number of carbonyl (C=O) groups is 1. The molecule has 1 saturated heterocycles. The fourth-order valence-corrected chi connectivity index (χ4v) is 3.55. The van der Waals surface area contributed by atoms with Crippen LogP contribution in [0, 0.1) is 5.92 Å². The first-order valence-corrected chi connectivity index (χ1v) is 8.30. The fraction of sp³-hybridized carbons (Fsp3) is 0.316. The molecule has 1 fully saturated rings. The minimum absolute atomic E-state index is 0.0849. The Morgan fingerprint density at radius 1 is 1.25 bits per heavy atom. The second-order valence-corrected chi connectivity index (χ2v) is 6.53. The standard InChI is InChI=1S/C19H20N4O/c1-22-13-17(11-21-22)19(24)23-7-6-14(12-23)8-16-10-20-9-15-4-2-3-5-18(15)16/h2-5,9-11,13-14H,6-8,12H2,1H3/t14-/m0/s1. The Balaban J connectivity index is 1.48. The predicted molar refractivity (Wildman–Crippen MR) is 92.7 cm³/mol. The number of aromatic nitrogens is 3. The lowest BCUT2D eigenvalue weighted by atomic mass is 9.96. The molecule has 24 heavy (non-hydrogen) atoms. The summed E-state index contributed by atoms with van der Waals surface area (Å²) in [5.41, 5.74) is 1.94. The normalized spacial score (nSPS) is 17.5. The van der Waals surface area contributed by atoms with Crippen LogP contribution in [0.4, 0.5) is 0 Å². The van der Waals surface area contributed by atoms with Crippen LogP contribution in [0.3, 0.4) is 0 Å². The van der Waals surface area contributed by atoms with Gasteiger partial charge >= 0.3 is 0 Å². The molecule has 2 aromatic heterocycles. The van der Waals surface area contributed by atoms with E-state index in [1.165, 1.54) is 16.3 Å². The van der Waals surface area contributed by atoms with Crippen LogP contribution in [0.2, 0.25) is 0 Å².